The first-order valence-electron chi connectivity index (χ1n) is 7.47. The zero-order valence-corrected chi connectivity index (χ0v) is 13.4. The lowest BCUT2D eigenvalue weighted by atomic mass is 9.96. The molecule has 1 heterocycles. The molecule has 0 bridgehead atoms. The molecule has 1 aliphatic heterocycles. The molecule has 8 heteroatoms. The number of hydrogen-bond acceptors (Lipinski definition) is 3. The van der Waals surface area contributed by atoms with Gasteiger partial charge in [0.05, 0.1) is 18.4 Å². The Morgan fingerprint density at radius 3 is 2.50 bits per heavy atom. The van der Waals surface area contributed by atoms with Crippen LogP contribution in [0.3, 0.4) is 0 Å². The van der Waals surface area contributed by atoms with Crippen molar-refractivity contribution >= 4 is 17.6 Å². The van der Waals surface area contributed by atoms with E-state index in [0.717, 1.165) is 11.1 Å². The van der Waals surface area contributed by atoms with Gasteiger partial charge in [-0.1, -0.05) is 12.1 Å². The summed E-state index contributed by atoms with van der Waals surface area (Å²) in [6.45, 7) is 2.67. The van der Waals surface area contributed by atoms with Crippen molar-refractivity contribution in [1.29, 1.82) is 0 Å². The number of carbonyl (C=O) groups excluding carboxylic acids is 1. The minimum Gasteiger partial charge on any atom is -0.481 e. The van der Waals surface area contributed by atoms with Crippen LogP contribution in [0.25, 0.3) is 0 Å². The van der Waals surface area contributed by atoms with Gasteiger partial charge in [-0.2, -0.15) is 13.2 Å². The Bertz CT molecular complexity index is 646. The second-order valence-electron chi connectivity index (χ2n) is 6.08. The van der Waals surface area contributed by atoms with E-state index in [4.69, 9.17) is 5.11 Å². The molecule has 0 saturated carbocycles. The second kappa shape index (κ2) is 6.80. The zero-order chi connectivity index (χ0) is 18.1. The average Bonchev–Trinajstić information content (AvgIpc) is 2.88. The molecule has 1 saturated heterocycles. The van der Waals surface area contributed by atoms with Crippen molar-refractivity contribution in [2.45, 2.75) is 20.0 Å². The van der Waals surface area contributed by atoms with Crippen LogP contribution in [0.1, 0.15) is 11.1 Å². The number of carbonyl (C=O) groups is 2. The van der Waals surface area contributed by atoms with E-state index in [0.29, 0.717) is 5.69 Å². The first-order chi connectivity index (χ1) is 11.1. The Balaban J connectivity index is 2.02. The summed E-state index contributed by atoms with van der Waals surface area (Å²) in [7, 11) is 0. The van der Waals surface area contributed by atoms with Crippen LogP contribution in [0, 0.1) is 25.7 Å². The number of carboxylic acid groups (broad SMARTS) is 1. The molecule has 24 heavy (non-hydrogen) atoms. The highest BCUT2D eigenvalue weighted by atomic mass is 19.4. The number of aryl methyl sites for hydroxylation is 1. The number of anilines is 1. The number of nitrogens with zero attached hydrogens (tertiary/aromatic N) is 1. The molecule has 2 atom stereocenters. The van der Waals surface area contributed by atoms with E-state index in [1.807, 2.05) is 19.9 Å². The van der Waals surface area contributed by atoms with Crippen LogP contribution in [0.5, 0.6) is 0 Å². The molecule has 1 aromatic rings. The summed E-state index contributed by atoms with van der Waals surface area (Å²) < 4.78 is 38.8. The van der Waals surface area contributed by atoms with Gasteiger partial charge < -0.3 is 10.4 Å². The first kappa shape index (κ1) is 18.3. The van der Waals surface area contributed by atoms with E-state index in [1.165, 1.54) is 4.90 Å². The van der Waals surface area contributed by atoms with Gasteiger partial charge in [0.2, 0.25) is 5.91 Å². The molecule has 1 amide bonds. The van der Waals surface area contributed by atoms with Gasteiger partial charge in [-0.05, 0) is 31.0 Å². The maximum atomic E-state index is 12.9. The van der Waals surface area contributed by atoms with Crippen LogP contribution < -0.4 is 5.32 Å². The number of likely N-dealkylation sites (tertiary alicyclic amines) is 1. The summed E-state index contributed by atoms with van der Waals surface area (Å²) in [5.74, 6) is -5.45. The number of alkyl halides is 3. The fourth-order valence-corrected chi connectivity index (χ4v) is 2.88. The minimum absolute atomic E-state index is 0.274. The highest BCUT2D eigenvalue weighted by molar-refractivity contribution is 5.93. The Kier molecular flexibility index (Phi) is 5.17. The van der Waals surface area contributed by atoms with Crippen LogP contribution in [0.2, 0.25) is 0 Å². The third-order valence-electron chi connectivity index (χ3n) is 4.38. The largest absolute Gasteiger partial charge is 0.481 e. The Morgan fingerprint density at radius 1 is 1.29 bits per heavy atom. The molecule has 2 N–H and O–H groups in total. The zero-order valence-electron chi connectivity index (χ0n) is 13.4. The molecule has 0 spiro atoms. The van der Waals surface area contributed by atoms with Crippen LogP contribution in [-0.2, 0) is 9.59 Å². The third kappa shape index (κ3) is 4.05. The van der Waals surface area contributed by atoms with Crippen molar-refractivity contribution in [2.75, 3.05) is 25.0 Å². The Labute approximate surface area is 137 Å². The van der Waals surface area contributed by atoms with Gasteiger partial charge >= 0.3 is 12.1 Å². The molecule has 1 aliphatic rings. The summed E-state index contributed by atoms with van der Waals surface area (Å²) in [6.07, 6.45) is -4.60. The van der Waals surface area contributed by atoms with Crippen molar-refractivity contribution in [1.82, 2.24) is 4.90 Å². The number of aliphatic carboxylic acids is 1. The molecule has 0 aliphatic carbocycles. The molecule has 0 unspecified atom stereocenters. The second-order valence-corrected chi connectivity index (χ2v) is 6.08. The average molecular weight is 344 g/mol. The van der Waals surface area contributed by atoms with Gasteiger partial charge in [-0.3, -0.25) is 14.5 Å². The molecular formula is C16H19F3N2O3. The number of amides is 1. The first-order valence-corrected chi connectivity index (χ1v) is 7.47. The van der Waals surface area contributed by atoms with E-state index in [1.54, 1.807) is 12.1 Å². The van der Waals surface area contributed by atoms with E-state index < -0.39 is 36.4 Å². The summed E-state index contributed by atoms with van der Waals surface area (Å²) in [4.78, 5) is 24.4. The fourth-order valence-electron chi connectivity index (χ4n) is 2.88. The normalized spacial score (nSPS) is 21.7. The van der Waals surface area contributed by atoms with Crippen molar-refractivity contribution in [3.63, 3.8) is 0 Å². The molecular weight excluding hydrogens is 325 g/mol. The summed E-state index contributed by atoms with van der Waals surface area (Å²) >= 11 is 0. The Morgan fingerprint density at radius 2 is 1.96 bits per heavy atom. The smallest absolute Gasteiger partial charge is 0.393 e. The maximum Gasteiger partial charge on any atom is 0.393 e. The molecule has 1 aromatic carbocycles. The monoisotopic (exact) mass is 344 g/mol. The number of nitrogens with one attached hydrogen (secondary N) is 1. The van der Waals surface area contributed by atoms with Crippen LogP contribution in [0.4, 0.5) is 18.9 Å². The van der Waals surface area contributed by atoms with E-state index in [9.17, 15) is 22.8 Å². The van der Waals surface area contributed by atoms with Crippen molar-refractivity contribution in [3.05, 3.63) is 29.3 Å². The molecule has 132 valence electrons. The van der Waals surface area contributed by atoms with Gasteiger partial charge in [0.25, 0.3) is 0 Å². The van der Waals surface area contributed by atoms with Gasteiger partial charge in [0.15, 0.2) is 0 Å². The highest BCUT2D eigenvalue weighted by Crippen LogP contribution is 2.37. The van der Waals surface area contributed by atoms with Gasteiger partial charge in [-0.15, -0.1) is 0 Å². The fraction of sp³-hybridized carbons (Fsp3) is 0.500. The van der Waals surface area contributed by atoms with Crippen molar-refractivity contribution < 1.29 is 27.9 Å². The van der Waals surface area contributed by atoms with Crippen LogP contribution in [0.15, 0.2) is 18.2 Å². The topological polar surface area (TPSA) is 69.6 Å². The van der Waals surface area contributed by atoms with Gasteiger partial charge in [0, 0.05) is 18.8 Å². The minimum atomic E-state index is -4.60. The maximum absolute atomic E-state index is 12.9. The predicted molar refractivity (Wildman–Crippen MR) is 81.7 cm³/mol. The summed E-state index contributed by atoms with van der Waals surface area (Å²) in [5.41, 5.74) is 2.46. The van der Waals surface area contributed by atoms with Gasteiger partial charge in [0.1, 0.15) is 0 Å². The van der Waals surface area contributed by atoms with Crippen molar-refractivity contribution in [3.8, 4) is 0 Å². The van der Waals surface area contributed by atoms with E-state index in [-0.39, 0.29) is 13.1 Å². The quantitative estimate of drug-likeness (QED) is 0.880. The SMILES string of the molecule is Cc1cccc(NC(=O)CN2C[C@@H](C(F)(F)F)[C@H](C(=O)O)C2)c1C. The van der Waals surface area contributed by atoms with Gasteiger partial charge in [-0.25, -0.2) is 0 Å². The van der Waals surface area contributed by atoms with Crippen molar-refractivity contribution in [2.24, 2.45) is 11.8 Å². The number of rotatable bonds is 4. The van der Waals surface area contributed by atoms with Crippen LogP contribution in [-0.4, -0.2) is 47.7 Å². The number of benzene rings is 1. The van der Waals surface area contributed by atoms with E-state index in [2.05, 4.69) is 5.32 Å². The predicted octanol–water partition coefficient (Wildman–Crippen LogP) is 2.44. The summed E-state index contributed by atoms with van der Waals surface area (Å²) in [6, 6.07) is 5.37. The molecule has 1 fully saturated rings. The lowest BCUT2D eigenvalue weighted by molar-refractivity contribution is -0.188. The van der Waals surface area contributed by atoms with Crippen LogP contribution >= 0.6 is 0 Å². The number of halogens is 3. The molecule has 0 aromatic heterocycles. The number of hydrogen-bond donors (Lipinski definition) is 2. The summed E-state index contributed by atoms with van der Waals surface area (Å²) in [5, 5.41) is 11.6. The highest BCUT2D eigenvalue weighted by Gasteiger charge is 2.52. The molecule has 5 nitrogen and oxygen atoms in total. The standard InChI is InChI=1S/C16H19F3N2O3/c1-9-4-3-5-13(10(9)2)20-14(22)8-21-6-11(15(23)24)12(7-21)16(17,18)19/h3-5,11-12H,6-8H2,1-2H3,(H,20,22)(H,23,24)/t11-,12-/m1/s1. The lowest BCUT2D eigenvalue weighted by Gasteiger charge is -2.18. The lowest BCUT2D eigenvalue weighted by Crippen LogP contribution is -2.34. The molecule has 0 radical (unpaired) electrons. The van der Waals surface area contributed by atoms with E-state index >= 15 is 0 Å². The Hall–Kier alpha value is -2.09. The molecule has 2 rings (SSSR count). The number of carboxylic acids is 1. The third-order valence-corrected chi connectivity index (χ3v) is 4.38.